The van der Waals surface area contributed by atoms with E-state index in [2.05, 4.69) is 17.4 Å². The van der Waals surface area contributed by atoms with E-state index in [9.17, 15) is 18.4 Å². The molecular weight excluding hydrogens is 226 g/mol. The largest absolute Gasteiger partial charge is 0.433 e. The van der Waals surface area contributed by atoms with Gasteiger partial charge in [-0.1, -0.05) is 0 Å². The maximum Gasteiger partial charge on any atom is 0.387 e. The van der Waals surface area contributed by atoms with Crippen molar-refractivity contribution in [2.45, 2.75) is 11.5 Å². The number of hydrogen-bond acceptors (Lipinski definition) is 4. The zero-order valence-electron chi connectivity index (χ0n) is 7.31. The topological polar surface area (TPSA) is 43.4 Å². The number of carbonyl (C=O) groups is 2. The fourth-order valence-electron chi connectivity index (χ4n) is 1.04. The summed E-state index contributed by atoms with van der Waals surface area (Å²) in [6, 6.07) is 2.61. The molecule has 0 radical (unpaired) electrons. The van der Waals surface area contributed by atoms with Crippen LogP contribution in [0, 0.1) is 0 Å². The molecule has 80 valence electrons. The van der Waals surface area contributed by atoms with Crippen molar-refractivity contribution in [2.75, 3.05) is 0 Å². The SMILES string of the molecule is O=Cc1ccc(S)c(OC(F)F)c1C=O. The van der Waals surface area contributed by atoms with Crippen molar-refractivity contribution >= 4 is 25.2 Å². The molecule has 0 spiro atoms. The molecule has 0 saturated heterocycles. The number of ether oxygens (including phenoxy) is 1. The molecule has 0 aliphatic heterocycles. The van der Waals surface area contributed by atoms with Crippen molar-refractivity contribution in [3.05, 3.63) is 23.3 Å². The molecule has 0 aliphatic rings. The van der Waals surface area contributed by atoms with Gasteiger partial charge in [0.15, 0.2) is 18.3 Å². The molecule has 1 rings (SSSR count). The zero-order valence-corrected chi connectivity index (χ0v) is 8.21. The molecule has 0 aromatic heterocycles. The van der Waals surface area contributed by atoms with E-state index in [1.165, 1.54) is 12.1 Å². The van der Waals surface area contributed by atoms with Crippen LogP contribution in [-0.4, -0.2) is 19.2 Å². The van der Waals surface area contributed by atoms with Gasteiger partial charge in [0.25, 0.3) is 0 Å². The Balaban J connectivity index is 3.31. The second-order valence-electron chi connectivity index (χ2n) is 2.53. The third-order valence-electron chi connectivity index (χ3n) is 1.66. The fraction of sp³-hybridized carbons (Fsp3) is 0.111. The Labute approximate surface area is 89.4 Å². The Bertz CT molecular complexity index is 393. The molecule has 0 fully saturated rings. The van der Waals surface area contributed by atoms with Crippen molar-refractivity contribution in [1.82, 2.24) is 0 Å². The summed E-state index contributed by atoms with van der Waals surface area (Å²) < 4.78 is 28.1. The van der Waals surface area contributed by atoms with Gasteiger partial charge in [0.05, 0.1) is 5.56 Å². The minimum Gasteiger partial charge on any atom is -0.433 e. The first kappa shape index (κ1) is 11.6. The van der Waals surface area contributed by atoms with Crippen LogP contribution in [-0.2, 0) is 0 Å². The number of alkyl halides is 2. The van der Waals surface area contributed by atoms with E-state index in [0.717, 1.165) is 0 Å². The number of hydrogen-bond donors (Lipinski definition) is 1. The van der Waals surface area contributed by atoms with E-state index in [1.807, 2.05) is 0 Å². The van der Waals surface area contributed by atoms with Gasteiger partial charge in [-0.3, -0.25) is 9.59 Å². The van der Waals surface area contributed by atoms with E-state index in [1.54, 1.807) is 0 Å². The first-order valence-electron chi connectivity index (χ1n) is 3.81. The van der Waals surface area contributed by atoms with Crippen LogP contribution < -0.4 is 4.74 Å². The number of benzene rings is 1. The number of thiol groups is 1. The van der Waals surface area contributed by atoms with Crippen molar-refractivity contribution < 1.29 is 23.1 Å². The second kappa shape index (κ2) is 4.88. The maximum atomic E-state index is 12.0. The van der Waals surface area contributed by atoms with Crippen LogP contribution in [0.15, 0.2) is 17.0 Å². The van der Waals surface area contributed by atoms with Crippen molar-refractivity contribution in [1.29, 1.82) is 0 Å². The lowest BCUT2D eigenvalue weighted by Crippen LogP contribution is -2.06. The third-order valence-corrected chi connectivity index (χ3v) is 2.01. The zero-order chi connectivity index (χ0) is 11.4. The van der Waals surface area contributed by atoms with Crippen LogP contribution in [0.5, 0.6) is 5.75 Å². The smallest absolute Gasteiger partial charge is 0.387 e. The molecule has 0 bridgehead atoms. The summed E-state index contributed by atoms with van der Waals surface area (Å²) in [5, 5.41) is 0. The lowest BCUT2D eigenvalue weighted by Gasteiger charge is -2.10. The van der Waals surface area contributed by atoms with E-state index in [4.69, 9.17) is 0 Å². The Morgan fingerprint density at radius 1 is 1.27 bits per heavy atom. The van der Waals surface area contributed by atoms with E-state index in [-0.39, 0.29) is 28.1 Å². The van der Waals surface area contributed by atoms with Gasteiger partial charge >= 0.3 is 6.61 Å². The van der Waals surface area contributed by atoms with E-state index < -0.39 is 6.61 Å². The van der Waals surface area contributed by atoms with Crippen LogP contribution in [0.3, 0.4) is 0 Å². The van der Waals surface area contributed by atoms with Crippen molar-refractivity contribution in [3.63, 3.8) is 0 Å². The third kappa shape index (κ3) is 2.53. The van der Waals surface area contributed by atoms with Crippen LogP contribution >= 0.6 is 12.6 Å². The molecule has 0 unspecified atom stereocenters. The van der Waals surface area contributed by atoms with Gasteiger partial charge < -0.3 is 4.74 Å². The highest BCUT2D eigenvalue weighted by molar-refractivity contribution is 7.80. The maximum absolute atomic E-state index is 12.0. The lowest BCUT2D eigenvalue weighted by molar-refractivity contribution is -0.0519. The first-order valence-corrected chi connectivity index (χ1v) is 4.26. The monoisotopic (exact) mass is 232 g/mol. The molecule has 1 aromatic rings. The molecule has 0 amide bonds. The number of carbonyl (C=O) groups excluding carboxylic acids is 2. The average molecular weight is 232 g/mol. The van der Waals surface area contributed by atoms with Crippen molar-refractivity contribution in [3.8, 4) is 5.75 Å². The minimum atomic E-state index is -3.07. The normalized spacial score (nSPS) is 10.1. The molecule has 0 atom stereocenters. The average Bonchev–Trinajstić information content (AvgIpc) is 2.20. The van der Waals surface area contributed by atoms with Gasteiger partial charge in [0.2, 0.25) is 0 Å². The lowest BCUT2D eigenvalue weighted by atomic mass is 10.1. The molecule has 1 aromatic carbocycles. The Morgan fingerprint density at radius 3 is 2.40 bits per heavy atom. The predicted molar refractivity (Wildman–Crippen MR) is 51.1 cm³/mol. The molecule has 15 heavy (non-hydrogen) atoms. The highest BCUT2D eigenvalue weighted by Gasteiger charge is 2.15. The van der Waals surface area contributed by atoms with Gasteiger partial charge in [-0.15, -0.1) is 12.6 Å². The molecule has 0 heterocycles. The van der Waals surface area contributed by atoms with Gasteiger partial charge in [-0.05, 0) is 12.1 Å². The summed E-state index contributed by atoms with van der Waals surface area (Å²) in [7, 11) is 0. The van der Waals surface area contributed by atoms with Gasteiger partial charge in [0.1, 0.15) is 0 Å². The van der Waals surface area contributed by atoms with Gasteiger partial charge in [-0.25, -0.2) is 0 Å². The summed E-state index contributed by atoms with van der Waals surface area (Å²) in [5.74, 6) is -0.382. The fourth-order valence-corrected chi connectivity index (χ4v) is 1.29. The minimum absolute atomic E-state index is 0.0153. The second-order valence-corrected chi connectivity index (χ2v) is 3.01. The van der Waals surface area contributed by atoms with Crippen LogP contribution in [0.4, 0.5) is 8.78 Å². The molecule has 0 N–H and O–H groups in total. The summed E-state index contributed by atoms with van der Waals surface area (Å²) in [4.78, 5) is 21.2. The molecule has 0 aliphatic carbocycles. The van der Waals surface area contributed by atoms with E-state index >= 15 is 0 Å². The highest BCUT2D eigenvalue weighted by atomic mass is 32.1. The summed E-state index contributed by atoms with van der Waals surface area (Å²) in [6.07, 6.45) is 0.663. The highest BCUT2D eigenvalue weighted by Crippen LogP contribution is 2.29. The van der Waals surface area contributed by atoms with Crippen LogP contribution in [0.2, 0.25) is 0 Å². The predicted octanol–water partition coefficient (Wildman–Crippen LogP) is 2.20. The standard InChI is InChI=1S/C9H6F2O3S/c10-9(11)14-8-6(4-13)5(3-12)1-2-7(8)15/h1-4,9,15H. The van der Waals surface area contributed by atoms with Crippen molar-refractivity contribution in [2.24, 2.45) is 0 Å². The summed E-state index contributed by atoms with van der Waals surface area (Å²) in [6.45, 7) is -3.07. The molecule has 6 heteroatoms. The van der Waals surface area contributed by atoms with Crippen LogP contribution in [0.25, 0.3) is 0 Å². The summed E-state index contributed by atoms with van der Waals surface area (Å²) in [5.41, 5.74) is -0.240. The number of rotatable bonds is 4. The Hall–Kier alpha value is -1.43. The number of halogens is 2. The van der Waals surface area contributed by atoms with Crippen LogP contribution in [0.1, 0.15) is 20.7 Å². The Morgan fingerprint density at radius 2 is 1.93 bits per heavy atom. The van der Waals surface area contributed by atoms with Gasteiger partial charge in [0, 0.05) is 10.5 Å². The van der Waals surface area contributed by atoms with Gasteiger partial charge in [-0.2, -0.15) is 8.78 Å². The first-order chi connectivity index (χ1) is 7.10. The molecular formula is C9H6F2O3S. The summed E-state index contributed by atoms with van der Waals surface area (Å²) >= 11 is 3.85. The molecule has 3 nitrogen and oxygen atoms in total. The quantitative estimate of drug-likeness (QED) is 0.639. The Kier molecular flexibility index (Phi) is 3.79. The number of aldehydes is 2. The molecule has 0 saturated carbocycles. The van der Waals surface area contributed by atoms with E-state index in [0.29, 0.717) is 6.29 Å².